The summed E-state index contributed by atoms with van der Waals surface area (Å²) in [4.78, 5) is 28.4. The third-order valence-corrected chi connectivity index (χ3v) is 7.47. The largest absolute Gasteiger partial charge is 0.423 e. The average molecular weight is 584 g/mol. The lowest BCUT2D eigenvalue weighted by Crippen LogP contribution is -2.27. The Morgan fingerprint density at radius 2 is 1.57 bits per heavy atom. The predicted molar refractivity (Wildman–Crippen MR) is 159 cm³/mol. The van der Waals surface area contributed by atoms with Gasteiger partial charge in [-0.1, -0.05) is 16.9 Å². The standard InChI is InChI=1S/C28H33N5O5S2/c29-27(30)21-6-10-24(11-7-21)38-28(35)22-4-8-23(9-5-22)31-14-16-36-18-19-37-17-15-32-25(34)12-20-39-40-26-3-1-2-13-33-26/h1-11,13,31H,12,14-20H2,(H3,29,30)(H,32,34). The highest BCUT2D eigenvalue weighted by molar-refractivity contribution is 8.76. The van der Waals surface area contributed by atoms with Crippen molar-refractivity contribution in [1.29, 1.82) is 5.41 Å². The van der Waals surface area contributed by atoms with Crippen LogP contribution in [0.25, 0.3) is 0 Å². The van der Waals surface area contributed by atoms with Gasteiger partial charge in [-0.2, -0.15) is 0 Å². The van der Waals surface area contributed by atoms with E-state index in [-0.39, 0.29) is 11.7 Å². The van der Waals surface area contributed by atoms with E-state index in [1.807, 2.05) is 18.2 Å². The van der Waals surface area contributed by atoms with E-state index in [4.69, 9.17) is 25.4 Å². The number of nitrogens with one attached hydrogen (secondary N) is 3. The van der Waals surface area contributed by atoms with Crippen molar-refractivity contribution in [3.8, 4) is 5.75 Å². The van der Waals surface area contributed by atoms with Gasteiger partial charge in [0.15, 0.2) is 0 Å². The summed E-state index contributed by atoms with van der Waals surface area (Å²) in [6.07, 6.45) is 2.20. The third kappa shape index (κ3) is 12.1. The number of anilines is 1. The van der Waals surface area contributed by atoms with Crippen LogP contribution < -0.4 is 21.1 Å². The zero-order valence-corrected chi connectivity index (χ0v) is 23.6. The number of carbonyl (C=O) groups excluding carboxylic acids is 2. The van der Waals surface area contributed by atoms with Crippen LogP contribution in [0.2, 0.25) is 0 Å². The Morgan fingerprint density at radius 1 is 0.875 bits per heavy atom. The van der Waals surface area contributed by atoms with Gasteiger partial charge >= 0.3 is 5.97 Å². The molecule has 0 saturated carbocycles. The monoisotopic (exact) mass is 583 g/mol. The number of pyridine rings is 1. The van der Waals surface area contributed by atoms with Gasteiger partial charge in [0.05, 0.1) is 32.0 Å². The molecule has 0 unspecified atom stereocenters. The van der Waals surface area contributed by atoms with Gasteiger partial charge in [-0.3, -0.25) is 10.2 Å². The second-order valence-corrected chi connectivity index (χ2v) is 10.7. The van der Waals surface area contributed by atoms with Crippen LogP contribution >= 0.6 is 21.6 Å². The fourth-order valence-electron chi connectivity index (χ4n) is 3.17. The highest BCUT2D eigenvalue weighted by Crippen LogP contribution is 2.29. The van der Waals surface area contributed by atoms with Gasteiger partial charge in [-0.05, 0) is 71.5 Å². The van der Waals surface area contributed by atoms with E-state index in [0.717, 1.165) is 10.7 Å². The summed E-state index contributed by atoms with van der Waals surface area (Å²) in [6.45, 7) is 2.89. The number of rotatable bonds is 18. The molecule has 3 rings (SSSR count). The summed E-state index contributed by atoms with van der Waals surface area (Å²) in [7, 11) is 3.17. The molecule has 0 bridgehead atoms. The van der Waals surface area contributed by atoms with Gasteiger partial charge in [0, 0.05) is 42.7 Å². The van der Waals surface area contributed by atoms with Gasteiger partial charge in [-0.25, -0.2) is 9.78 Å². The van der Waals surface area contributed by atoms with Crippen molar-refractivity contribution in [2.75, 3.05) is 50.6 Å². The van der Waals surface area contributed by atoms with E-state index in [0.29, 0.717) is 68.6 Å². The number of carbonyl (C=O) groups is 2. The van der Waals surface area contributed by atoms with E-state index in [1.165, 1.54) is 0 Å². The molecule has 0 aliphatic heterocycles. The summed E-state index contributed by atoms with van der Waals surface area (Å²) in [6, 6.07) is 19.2. The number of nitrogens with two attached hydrogens (primary N) is 1. The van der Waals surface area contributed by atoms with Gasteiger partial charge in [0.25, 0.3) is 0 Å². The van der Waals surface area contributed by atoms with Gasteiger partial charge < -0.3 is 30.6 Å². The van der Waals surface area contributed by atoms with E-state index >= 15 is 0 Å². The van der Waals surface area contributed by atoms with Crippen LogP contribution in [-0.2, 0) is 14.3 Å². The topological polar surface area (TPSA) is 149 Å². The number of ether oxygens (including phenoxy) is 3. The number of amidine groups is 1. The lowest BCUT2D eigenvalue weighted by Gasteiger charge is -2.09. The molecule has 3 aromatic rings. The van der Waals surface area contributed by atoms with Crippen molar-refractivity contribution in [3.05, 3.63) is 84.1 Å². The summed E-state index contributed by atoms with van der Waals surface area (Å²) in [5.41, 5.74) is 7.26. The minimum Gasteiger partial charge on any atom is -0.423 e. The molecule has 1 heterocycles. The van der Waals surface area contributed by atoms with E-state index in [1.54, 1.807) is 76.3 Å². The number of amides is 1. The molecule has 5 N–H and O–H groups in total. The van der Waals surface area contributed by atoms with E-state index in [2.05, 4.69) is 15.6 Å². The molecule has 0 spiro atoms. The molecule has 1 aromatic heterocycles. The second-order valence-electron chi connectivity index (χ2n) is 8.23. The maximum atomic E-state index is 12.3. The number of esters is 1. The van der Waals surface area contributed by atoms with Crippen LogP contribution in [0.4, 0.5) is 5.69 Å². The molecule has 0 aliphatic rings. The number of nitrogens with zero attached hydrogens (tertiary/aromatic N) is 1. The van der Waals surface area contributed by atoms with Crippen LogP contribution in [0.3, 0.4) is 0 Å². The molecule has 0 saturated heterocycles. The van der Waals surface area contributed by atoms with Crippen molar-refractivity contribution in [2.24, 2.45) is 5.73 Å². The van der Waals surface area contributed by atoms with Crippen molar-refractivity contribution in [1.82, 2.24) is 10.3 Å². The number of hydrogen-bond donors (Lipinski definition) is 4. The molecule has 1 amide bonds. The van der Waals surface area contributed by atoms with Crippen molar-refractivity contribution >= 4 is 45.0 Å². The SMILES string of the molecule is N=C(N)c1ccc(OC(=O)c2ccc(NCCOCCOCCNC(=O)CCSSc3ccccn3)cc2)cc1. The van der Waals surface area contributed by atoms with Crippen LogP contribution in [0.15, 0.2) is 78.0 Å². The van der Waals surface area contributed by atoms with Crippen molar-refractivity contribution in [2.45, 2.75) is 11.4 Å². The number of nitrogen functional groups attached to an aromatic ring is 1. The Kier molecular flexibility index (Phi) is 13.9. The summed E-state index contributed by atoms with van der Waals surface area (Å²) >= 11 is 0. The molecular formula is C28H33N5O5S2. The Bertz CT molecular complexity index is 1200. The Hall–Kier alpha value is -3.58. The van der Waals surface area contributed by atoms with Gasteiger partial charge in [-0.15, -0.1) is 0 Å². The highest BCUT2D eigenvalue weighted by atomic mass is 33.1. The smallest absolute Gasteiger partial charge is 0.343 e. The van der Waals surface area contributed by atoms with Crippen LogP contribution in [-0.4, -0.2) is 68.0 Å². The van der Waals surface area contributed by atoms with Crippen molar-refractivity contribution in [3.63, 3.8) is 0 Å². The Morgan fingerprint density at radius 3 is 2.25 bits per heavy atom. The summed E-state index contributed by atoms with van der Waals surface area (Å²) < 4.78 is 16.4. The normalized spacial score (nSPS) is 10.6. The molecule has 0 atom stereocenters. The molecule has 0 radical (unpaired) electrons. The zero-order chi connectivity index (χ0) is 28.4. The van der Waals surface area contributed by atoms with Crippen molar-refractivity contribution < 1.29 is 23.8 Å². The lowest BCUT2D eigenvalue weighted by molar-refractivity contribution is -0.120. The number of hydrogen-bond acceptors (Lipinski definition) is 10. The molecule has 212 valence electrons. The van der Waals surface area contributed by atoms with Gasteiger partial charge in [0.1, 0.15) is 16.6 Å². The second kappa shape index (κ2) is 17.9. The molecule has 12 heteroatoms. The molecule has 10 nitrogen and oxygen atoms in total. The molecular weight excluding hydrogens is 550 g/mol. The first-order chi connectivity index (χ1) is 19.5. The molecule has 40 heavy (non-hydrogen) atoms. The van der Waals surface area contributed by atoms with E-state index in [9.17, 15) is 9.59 Å². The first-order valence-electron chi connectivity index (χ1n) is 12.6. The highest BCUT2D eigenvalue weighted by Gasteiger charge is 2.09. The Labute approximate surface area is 241 Å². The summed E-state index contributed by atoms with van der Waals surface area (Å²) in [5.74, 6) is 0.580. The van der Waals surface area contributed by atoms with Gasteiger partial charge in [0.2, 0.25) is 5.91 Å². The van der Waals surface area contributed by atoms with E-state index < -0.39 is 5.97 Å². The maximum absolute atomic E-state index is 12.3. The predicted octanol–water partition coefficient (Wildman–Crippen LogP) is 3.98. The van der Waals surface area contributed by atoms with Crippen LogP contribution in [0, 0.1) is 5.41 Å². The average Bonchev–Trinajstić information content (AvgIpc) is 2.97. The fourth-order valence-corrected chi connectivity index (χ4v) is 5.03. The summed E-state index contributed by atoms with van der Waals surface area (Å²) in [5, 5.41) is 14.4. The minimum atomic E-state index is -0.472. The Balaban J connectivity index is 1.16. The van der Waals surface area contributed by atoms with Crippen LogP contribution in [0.1, 0.15) is 22.3 Å². The minimum absolute atomic E-state index is 0.00501. The first kappa shape index (κ1) is 31.0. The molecule has 0 aliphatic carbocycles. The number of benzene rings is 2. The first-order valence-corrected chi connectivity index (χ1v) is 15.0. The lowest BCUT2D eigenvalue weighted by atomic mass is 10.2. The zero-order valence-electron chi connectivity index (χ0n) is 22.0. The quantitative estimate of drug-likeness (QED) is 0.0433. The third-order valence-electron chi connectivity index (χ3n) is 5.21. The molecule has 2 aromatic carbocycles. The van der Waals surface area contributed by atoms with Crippen LogP contribution in [0.5, 0.6) is 5.75 Å². The maximum Gasteiger partial charge on any atom is 0.343 e. The number of aromatic nitrogens is 1. The fraction of sp³-hybridized carbons (Fsp3) is 0.286. The molecule has 0 fully saturated rings.